The number of imide groups is 2. The quantitative estimate of drug-likeness (QED) is 0.0209. The van der Waals surface area contributed by atoms with Crippen LogP contribution in [0.5, 0.6) is 0 Å². The summed E-state index contributed by atoms with van der Waals surface area (Å²) < 4.78 is 63.6. The largest absolute Gasteiger partial charge is 0.477 e. The Morgan fingerprint density at radius 3 is 1.05 bits per heavy atom. The van der Waals surface area contributed by atoms with Crippen molar-refractivity contribution >= 4 is 139 Å². The molecule has 0 aliphatic carbocycles. The van der Waals surface area contributed by atoms with E-state index in [0.29, 0.717) is 110 Å². The second-order valence-corrected chi connectivity index (χ2v) is 38.7. The van der Waals surface area contributed by atoms with Crippen molar-refractivity contribution in [3.8, 4) is 45.0 Å². The summed E-state index contributed by atoms with van der Waals surface area (Å²) in [5.74, 6) is -4.32. The molecule has 0 spiro atoms. The summed E-state index contributed by atoms with van der Waals surface area (Å²) >= 11 is 30.9. The summed E-state index contributed by atoms with van der Waals surface area (Å²) in [6.45, 7) is 3.75. The highest BCUT2D eigenvalue weighted by atomic mass is 35.5. The Morgan fingerprint density at radius 1 is 0.391 bits per heavy atom. The number of thiophene rings is 4. The maximum Gasteiger partial charge on any atom is 0.345 e. The number of nitrogens with one attached hydrogen (secondary N) is 2. The number of carbonyl (C=O) groups is 8. The van der Waals surface area contributed by atoms with Crippen LogP contribution in [0.15, 0.2) is 195 Å². The number of nitrogens with two attached hydrogens (primary N) is 3. The Morgan fingerprint density at radius 2 is 0.692 bits per heavy atom. The van der Waals surface area contributed by atoms with Crippen molar-refractivity contribution in [2.45, 2.75) is 128 Å². The van der Waals surface area contributed by atoms with Crippen LogP contribution in [0.2, 0.25) is 20.1 Å². The van der Waals surface area contributed by atoms with E-state index in [1.807, 2.05) is 36.9 Å². The van der Waals surface area contributed by atoms with Crippen molar-refractivity contribution in [1.29, 1.82) is 0 Å². The molecular weight excluding hydrogens is 1870 g/mol. The third kappa shape index (κ3) is 21.0. The average Bonchev–Trinajstić information content (AvgIpc) is 1.64. The zero-order chi connectivity index (χ0) is 93.4. The lowest BCUT2D eigenvalue weighted by atomic mass is 9.93. The first-order chi connectivity index (χ1) is 64.3. The zero-order valence-corrected chi connectivity index (χ0v) is 77.5. The van der Waals surface area contributed by atoms with Crippen molar-refractivity contribution in [2.24, 2.45) is 23.1 Å². The Labute approximate surface area is 797 Å². The number of aryl methyl sites for hydroxylation is 8. The third-order valence-corrected chi connectivity index (χ3v) is 29.5. The molecule has 14 aromatic rings. The minimum Gasteiger partial charge on any atom is -0.477 e. The standard InChI is InChI=1S/C28H22ClFN4O3S.C21H21ClFN3OS.C20H20ClFN4OS.C17H15FN2O2.C11H9ClN2O2S/c29-21-14-31-34-11-5-10-23-20(25(21)34)13-24(38-23)26(35)32-17(12-16-6-1-4-9-22(16)30)15-33-27(36)18-7-2-3-8-19(18)28(33)37;22-16-12-25-26-7-3-6-19-15(21(16)26)10-20(28-19)18(27)9-13(11-24)8-14-4-1-2-5-17(14)23;21-15-11-24-26-7-3-6-17-14(19(15)26)9-18(28-17)20(27)25-13(10-23)8-12-4-1-2-5-16(12)22;18-15-8-4-1-5-11(15)9-12(19)10-20-16(21)13-6-2-3-7-14(13)17(20)22;12-7-5-13-14-3-1-2-8-6(10(7)14)4-9(17-8)11(15)16/h1-4,6-9,13-14,17H,5,10-12,15H2,(H,32,35);1-2,4-5,10,12-13H,3,6-9,11,24H2;1-2,4-5,9,11,13H,3,6-8,10,23H2,(H,25,27);1-8,12H,9-10,19H2;4-5H,1-3H2,(H,15,16)/t17-;2*13-;12-;/m0100./s1. The molecule has 36 heteroatoms. The molecule has 6 aliphatic heterocycles. The highest BCUT2D eigenvalue weighted by molar-refractivity contribution is 7.15. The maximum absolute atomic E-state index is 14.6. The van der Waals surface area contributed by atoms with E-state index in [1.54, 1.807) is 152 Å². The van der Waals surface area contributed by atoms with Gasteiger partial charge in [-0.05, 0) is 185 Å². The van der Waals surface area contributed by atoms with E-state index in [1.165, 1.54) is 74.5 Å². The number of amides is 6. The monoisotopic (exact) mass is 1950 g/mol. The number of aromatic carboxylic acids is 1. The molecule has 8 aromatic heterocycles. The van der Waals surface area contributed by atoms with E-state index < -0.39 is 35.7 Å². The van der Waals surface area contributed by atoms with Gasteiger partial charge in [-0.15, -0.1) is 45.3 Å². The molecule has 0 unspecified atom stereocenters. The third-order valence-electron chi connectivity index (χ3n) is 23.6. The van der Waals surface area contributed by atoms with E-state index in [0.717, 1.165) is 147 Å². The molecule has 684 valence electrons. The second-order valence-electron chi connectivity index (χ2n) is 32.5. The number of benzene rings is 6. The molecule has 6 amide bonds. The molecule has 0 saturated heterocycles. The first-order valence-electron chi connectivity index (χ1n) is 43.0. The smallest absolute Gasteiger partial charge is 0.345 e. The summed E-state index contributed by atoms with van der Waals surface area (Å²) in [5, 5.41) is 34.5. The van der Waals surface area contributed by atoms with Crippen molar-refractivity contribution in [3.63, 3.8) is 0 Å². The van der Waals surface area contributed by atoms with Gasteiger partial charge in [0.05, 0.1) is 111 Å². The highest BCUT2D eigenvalue weighted by Gasteiger charge is 2.40. The van der Waals surface area contributed by atoms with E-state index in [9.17, 15) is 55.9 Å². The summed E-state index contributed by atoms with van der Waals surface area (Å²) in [7, 11) is 0. The number of hydrogen-bond acceptors (Lipinski definition) is 19. The summed E-state index contributed by atoms with van der Waals surface area (Å²) in [4.78, 5) is 110. The van der Waals surface area contributed by atoms with Crippen molar-refractivity contribution in [1.82, 2.24) is 59.6 Å². The van der Waals surface area contributed by atoms with Crippen LogP contribution >= 0.6 is 91.8 Å². The fraction of sp³-hybridized carbons (Fsp3) is 0.258. The summed E-state index contributed by atoms with van der Waals surface area (Å²) in [6, 6.07) is 44.8. The normalized spacial score (nSPS) is 14.5. The topological polar surface area (TPSA) is 337 Å². The SMILES string of the molecule is NC[C@@H](CC(=O)c1cc2c(s1)CCCn1ncc(Cl)c1-2)Cc1ccccc1F.NC[C@H](Cc1ccccc1F)NC(=O)c1cc2c(s1)CCCn1ncc(Cl)c1-2.N[C@@H](Cc1ccccc1F)CN1C(=O)c2ccccc2C1=O.O=C(N[C@@H](Cc1ccccc1F)CN1C(=O)c2ccccc2C1=O)c1cc2c(s1)CCCn1ncc(Cl)c1-2.O=C(O)c1cc2c(s1)CCCn1ncc(Cl)c1-2. The molecule has 6 aliphatic rings. The van der Waals surface area contributed by atoms with Crippen molar-refractivity contribution < 1.29 is 61.0 Å². The van der Waals surface area contributed by atoms with Gasteiger partial charge in [0, 0.05) is 106 Å². The van der Waals surface area contributed by atoms with Crippen LogP contribution < -0.4 is 27.8 Å². The van der Waals surface area contributed by atoms with Crippen LogP contribution in [-0.2, 0) is 77.5 Å². The molecule has 0 bridgehead atoms. The number of hydrogen-bond donors (Lipinski definition) is 6. The Kier molecular flexibility index (Phi) is 29.9. The second kappa shape index (κ2) is 42.1. The molecular formula is C97H87Cl4F4N15O9S4. The number of carboxylic acids is 1. The van der Waals surface area contributed by atoms with Gasteiger partial charge in [0.1, 0.15) is 28.1 Å². The van der Waals surface area contributed by atoms with Gasteiger partial charge in [-0.25, -0.2) is 22.4 Å². The van der Waals surface area contributed by atoms with Crippen LogP contribution in [0.25, 0.3) is 45.0 Å². The van der Waals surface area contributed by atoms with Gasteiger partial charge in [0.15, 0.2) is 5.78 Å². The molecule has 0 saturated carbocycles. The lowest BCUT2D eigenvalue weighted by Crippen LogP contribution is -2.46. The van der Waals surface area contributed by atoms with Gasteiger partial charge in [0.25, 0.3) is 35.4 Å². The van der Waals surface area contributed by atoms with Crippen molar-refractivity contribution in [3.05, 3.63) is 322 Å². The van der Waals surface area contributed by atoms with Crippen LogP contribution in [-0.4, -0.2) is 146 Å². The summed E-state index contributed by atoms with van der Waals surface area (Å²) in [6.07, 6.45) is 15.2. The minimum atomic E-state index is -0.884. The number of Topliss-reactive ketones (excluding diaryl/α,β-unsaturated/α-hetero) is 1. The van der Waals surface area contributed by atoms with Crippen LogP contribution in [0.3, 0.4) is 0 Å². The number of carboxylic acid groups (broad SMARTS) is 1. The van der Waals surface area contributed by atoms with Crippen LogP contribution in [0.1, 0.15) is 154 Å². The van der Waals surface area contributed by atoms with E-state index in [-0.39, 0.29) is 91.3 Å². The average molecular weight is 1950 g/mol. The van der Waals surface area contributed by atoms with Gasteiger partial charge >= 0.3 is 5.97 Å². The Bertz CT molecular complexity index is 6540. The van der Waals surface area contributed by atoms with Crippen LogP contribution in [0, 0.1) is 29.2 Å². The van der Waals surface area contributed by atoms with E-state index in [2.05, 4.69) is 31.0 Å². The summed E-state index contributed by atoms with van der Waals surface area (Å²) in [5.41, 5.74) is 28.3. The lowest BCUT2D eigenvalue weighted by molar-refractivity contribution is 0.0621. The first kappa shape index (κ1) is 94.3. The van der Waals surface area contributed by atoms with E-state index >= 15 is 0 Å². The molecule has 24 nitrogen and oxygen atoms in total. The lowest BCUT2D eigenvalue weighted by Gasteiger charge is -2.24. The molecule has 14 heterocycles. The number of ketones is 1. The molecule has 6 aromatic carbocycles. The molecule has 9 N–H and O–H groups in total. The fourth-order valence-corrected chi connectivity index (χ4v) is 22.4. The number of nitrogens with zero attached hydrogens (tertiary/aromatic N) is 10. The predicted octanol–water partition coefficient (Wildman–Crippen LogP) is 18.3. The van der Waals surface area contributed by atoms with Crippen LogP contribution in [0.4, 0.5) is 17.6 Å². The minimum absolute atomic E-state index is 0.0482. The number of fused-ring (bicyclic) bond motifs is 14. The van der Waals surface area contributed by atoms with E-state index in [4.69, 9.17) is 68.7 Å². The first-order valence-corrected chi connectivity index (χ1v) is 47.8. The van der Waals surface area contributed by atoms with Gasteiger partial charge < -0.3 is 32.9 Å². The number of halogens is 8. The number of carbonyl (C=O) groups excluding carboxylic acids is 7. The number of aromatic nitrogens is 8. The van der Waals surface area contributed by atoms with Gasteiger partial charge in [-0.1, -0.05) is 143 Å². The highest BCUT2D eigenvalue weighted by Crippen LogP contribution is 2.44. The Balaban J connectivity index is 0.000000124. The Hall–Kier alpha value is -11.9. The van der Waals surface area contributed by atoms with Gasteiger partial charge in [-0.3, -0.25) is 62.1 Å². The zero-order valence-electron chi connectivity index (χ0n) is 71.2. The number of rotatable bonds is 22. The fourth-order valence-electron chi connectivity index (χ4n) is 17.1. The predicted molar refractivity (Wildman–Crippen MR) is 508 cm³/mol. The van der Waals surface area contributed by atoms with Crippen molar-refractivity contribution in [2.75, 3.05) is 26.2 Å². The van der Waals surface area contributed by atoms with Gasteiger partial charge in [0.2, 0.25) is 0 Å². The molecule has 0 fully saturated rings. The molecule has 0 radical (unpaired) electrons. The van der Waals surface area contributed by atoms with Gasteiger partial charge in [-0.2, -0.15) is 20.4 Å². The molecule has 133 heavy (non-hydrogen) atoms. The molecule has 4 atom stereocenters. The maximum atomic E-state index is 14.6. The molecule has 20 rings (SSSR count).